The van der Waals surface area contributed by atoms with Crippen molar-refractivity contribution in [3.63, 3.8) is 0 Å². The Hall–Kier alpha value is -0.380. The molecule has 0 saturated carbocycles. The molecule has 1 unspecified atom stereocenters. The summed E-state index contributed by atoms with van der Waals surface area (Å²) < 4.78 is 0.278. The van der Waals surface area contributed by atoms with Crippen molar-refractivity contribution in [1.82, 2.24) is 0 Å². The van der Waals surface area contributed by atoms with Gasteiger partial charge in [-0.2, -0.15) is 0 Å². The van der Waals surface area contributed by atoms with Gasteiger partial charge in [0.2, 0.25) is 0 Å². The summed E-state index contributed by atoms with van der Waals surface area (Å²) in [5.74, 6) is 0.577. The molecule has 0 radical (unpaired) electrons. The zero-order chi connectivity index (χ0) is 12.7. The van der Waals surface area contributed by atoms with Crippen LogP contribution in [0.4, 0.5) is 0 Å². The number of hydrogen-bond acceptors (Lipinski definition) is 1. The van der Waals surface area contributed by atoms with E-state index in [2.05, 4.69) is 26.0 Å². The Morgan fingerprint density at radius 2 is 1.65 bits per heavy atom. The minimum atomic E-state index is 0.0803. The molecular weight excluding hydrogens is 323 g/mol. The zero-order valence-corrected chi connectivity index (χ0v) is 12.8. The molecule has 0 aromatic heterocycles. The number of benzene rings is 1. The molecule has 1 rings (SSSR count). The van der Waals surface area contributed by atoms with Crippen LogP contribution in [0.2, 0.25) is 0 Å². The van der Waals surface area contributed by atoms with Crippen molar-refractivity contribution in [2.75, 3.05) is 0 Å². The van der Waals surface area contributed by atoms with Crippen LogP contribution in [0.15, 0.2) is 30.3 Å². The van der Waals surface area contributed by atoms with E-state index in [9.17, 15) is 4.79 Å². The van der Waals surface area contributed by atoms with Crippen molar-refractivity contribution in [3.05, 3.63) is 35.9 Å². The monoisotopic (exact) mass is 344 g/mol. The molecule has 0 saturated heterocycles. The van der Waals surface area contributed by atoms with Gasteiger partial charge >= 0.3 is 0 Å². The predicted octanol–water partition coefficient (Wildman–Crippen LogP) is 4.95. The first-order valence-corrected chi connectivity index (χ1v) is 7.52. The molecule has 17 heavy (non-hydrogen) atoms. The largest absolute Gasteiger partial charge is 0.287 e. The molecule has 1 aromatic rings. The Morgan fingerprint density at radius 1 is 1.12 bits per heavy atom. The van der Waals surface area contributed by atoms with E-state index in [-0.39, 0.29) is 9.71 Å². The van der Waals surface area contributed by atoms with Gasteiger partial charge in [-0.15, -0.1) is 0 Å². The van der Waals surface area contributed by atoms with Crippen molar-refractivity contribution in [2.45, 2.75) is 45.4 Å². The van der Waals surface area contributed by atoms with Crippen LogP contribution in [-0.2, 0) is 4.79 Å². The van der Waals surface area contributed by atoms with Gasteiger partial charge < -0.3 is 0 Å². The van der Waals surface area contributed by atoms with Gasteiger partial charge in [0.15, 0.2) is 3.79 Å². The van der Waals surface area contributed by atoms with Crippen molar-refractivity contribution >= 4 is 26.4 Å². The average molecular weight is 344 g/mol. The van der Waals surface area contributed by atoms with Crippen LogP contribution in [0.5, 0.6) is 0 Å². The summed E-state index contributed by atoms with van der Waals surface area (Å²) in [5, 5.41) is 0. The highest BCUT2D eigenvalue weighted by molar-refractivity contribution is 14.1. The summed E-state index contributed by atoms with van der Waals surface area (Å²) in [6.45, 7) is 4.39. The van der Waals surface area contributed by atoms with Crippen LogP contribution in [0.25, 0.3) is 0 Å². The number of carbonyl (C=O) groups is 1. The van der Waals surface area contributed by atoms with Gasteiger partial charge in [0, 0.05) is 22.6 Å². The van der Waals surface area contributed by atoms with Gasteiger partial charge in [-0.3, -0.25) is 4.79 Å². The smallest absolute Gasteiger partial charge is 0.200 e. The number of carbonyl (C=O) groups excluding carboxylic acids is 1. The summed E-state index contributed by atoms with van der Waals surface area (Å²) in [6.07, 6.45) is 4.58. The molecule has 0 N–H and O–H groups in total. The minimum absolute atomic E-state index is 0.0803. The third-order valence-electron chi connectivity index (χ3n) is 3.19. The number of halogens is 1. The molecule has 1 aromatic carbocycles. The fourth-order valence-electron chi connectivity index (χ4n) is 2.47. The topological polar surface area (TPSA) is 17.1 Å². The van der Waals surface area contributed by atoms with Crippen LogP contribution in [0.1, 0.15) is 51.0 Å². The molecule has 0 aliphatic carbocycles. The fourth-order valence-corrected chi connectivity index (χ4v) is 3.34. The highest BCUT2D eigenvalue weighted by Crippen LogP contribution is 2.34. The van der Waals surface area contributed by atoms with Gasteiger partial charge in [0.05, 0.1) is 5.92 Å². The maximum atomic E-state index is 11.9. The molecular formula is C15H21IO. The SMILES string of the molecule is CCCC(CCC)C(C(=O)I)c1ccccc1. The first kappa shape index (κ1) is 14.7. The van der Waals surface area contributed by atoms with Crippen LogP contribution >= 0.6 is 22.6 Å². The van der Waals surface area contributed by atoms with Crippen molar-refractivity contribution < 1.29 is 4.79 Å². The van der Waals surface area contributed by atoms with Crippen LogP contribution in [-0.4, -0.2) is 3.79 Å². The number of hydrogen-bond donors (Lipinski definition) is 0. The minimum Gasteiger partial charge on any atom is -0.287 e. The highest BCUT2D eigenvalue weighted by Gasteiger charge is 2.26. The maximum absolute atomic E-state index is 11.9. The standard InChI is InChI=1S/C15H21IO/c1-3-8-12(9-4-2)14(15(16)17)13-10-6-5-7-11-13/h5-7,10-12,14H,3-4,8-9H2,1-2H3. The van der Waals surface area contributed by atoms with E-state index in [1.165, 1.54) is 5.56 Å². The third-order valence-corrected chi connectivity index (χ3v) is 3.86. The van der Waals surface area contributed by atoms with E-state index >= 15 is 0 Å². The molecule has 0 bridgehead atoms. The molecule has 0 aliphatic heterocycles. The Labute approximate surface area is 118 Å². The van der Waals surface area contributed by atoms with E-state index in [0.717, 1.165) is 25.7 Å². The molecule has 1 atom stereocenters. The molecule has 0 fully saturated rings. The number of rotatable bonds is 7. The third kappa shape index (κ3) is 4.41. The average Bonchev–Trinajstić information content (AvgIpc) is 2.31. The molecule has 0 aliphatic rings. The molecule has 0 spiro atoms. The highest BCUT2D eigenvalue weighted by atomic mass is 127. The molecule has 2 heteroatoms. The van der Waals surface area contributed by atoms with Crippen LogP contribution in [0, 0.1) is 5.92 Å². The van der Waals surface area contributed by atoms with E-state index in [1.54, 1.807) is 0 Å². The van der Waals surface area contributed by atoms with Crippen molar-refractivity contribution in [3.8, 4) is 0 Å². The lowest BCUT2D eigenvalue weighted by Gasteiger charge is -2.24. The fraction of sp³-hybridized carbons (Fsp3) is 0.533. The van der Waals surface area contributed by atoms with E-state index in [1.807, 2.05) is 40.8 Å². The second kappa shape index (κ2) is 7.85. The predicted molar refractivity (Wildman–Crippen MR) is 81.5 cm³/mol. The van der Waals surface area contributed by atoms with E-state index < -0.39 is 0 Å². The Morgan fingerprint density at radius 3 is 2.06 bits per heavy atom. The Kier molecular flexibility index (Phi) is 6.78. The Balaban J connectivity index is 2.94. The first-order valence-electron chi connectivity index (χ1n) is 6.45. The quantitative estimate of drug-likeness (QED) is 0.505. The van der Waals surface area contributed by atoms with Crippen LogP contribution in [0.3, 0.4) is 0 Å². The van der Waals surface area contributed by atoms with Gasteiger partial charge in [0.1, 0.15) is 0 Å². The molecule has 1 nitrogen and oxygen atoms in total. The lowest BCUT2D eigenvalue weighted by Crippen LogP contribution is -2.18. The van der Waals surface area contributed by atoms with Gasteiger partial charge in [-0.05, 0) is 24.3 Å². The molecule has 94 valence electrons. The normalized spacial score (nSPS) is 12.7. The van der Waals surface area contributed by atoms with E-state index in [0.29, 0.717) is 5.92 Å². The Bertz CT molecular complexity index is 328. The zero-order valence-electron chi connectivity index (χ0n) is 10.7. The lowest BCUT2D eigenvalue weighted by atomic mass is 9.81. The second-order valence-electron chi connectivity index (χ2n) is 4.53. The van der Waals surface area contributed by atoms with E-state index in [4.69, 9.17) is 0 Å². The first-order chi connectivity index (χ1) is 8.20. The maximum Gasteiger partial charge on any atom is 0.200 e. The second-order valence-corrected chi connectivity index (χ2v) is 5.59. The van der Waals surface area contributed by atoms with Crippen molar-refractivity contribution in [1.29, 1.82) is 0 Å². The lowest BCUT2D eigenvalue weighted by molar-refractivity contribution is -0.111. The van der Waals surface area contributed by atoms with Gasteiger partial charge in [-0.25, -0.2) is 0 Å². The van der Waals surface area contributed by atoms with Crippen molar-refractivity contribution in [2.24, 2.45) is 5.92 Å². The summed E-state index contributed by atoms with van der Waals surface area (Å²) in [6, 6.07) is 10.2. The molecule has 0 heterocycles. The summed E-state index contributed by atoms with van der Waals surface area (Å²) in [5.41, 5.74) is 1.18. The molecule has 0 amide bonds. The summed E-state index contributed by atoms with van der Waals surface area (Å²) in [4.78, 5) is 11.9. The van der Waals surface area contributed by atoms with Crippen LogP contribution < -0.4 is 0 Å². The summed E-state index contributed by atoms with van der Waals surface area (Å²) in [7, 11) is 0. The summed E-state index contributed by atoms with van der Waals surface area (Å²) >= 11 is 1.96. The van der Waals surface area contributed by atoms with Gasteiger partial charge in [-0.1, -0.05) is 57.0 Å². The van der Waals surface area contributed by atoms with Gasteiger partial charge in [0.25, 0.3) is 0 Å².